The number of fused-ring (bicyclic) bond motifs is 1. The van der Waals surface area contributed by atoms with Crippen LogP contribution < -0.4 is 0 Å². The number of piperidine rings is 1. The summed E-state index contributed by atoms with van der Waals surface area (Å²) in [4.78, 5) is 6.16. The van der Waals surface area contributed by atoms with Gasteiger partial charge >= 0.3 is 0 Å². The minimum atomic E-state index is 0.750. The predicted molar refractivity (Wildman–Crippen MR) is 96.9 cm³/mol. The number of aromatic amines is 1. The number of H-pyrrole nitrogens is 1. The van der Waals surface area contributed by atoms with Gasteiger partial charge in [-0.1, -0.05) is 48.5 Å². The fourth-order valence-corrected chi connectivity index (χ4v) is 3.76. The van der Waals surface area contributed by atoms with Gasteiger partial charge in [-0.15, -0.1) is 0 Å². The summed E-state index contributed by atoms with van der Waals surface area (Å²) < 4.78 is 0. The van der Waals surface area contributed by atoms with E-state index >= 15 is 0 Å². The monoisotopic (exact) mass is 304 g/mol. The van der Waals surface area contributed by atoms with Crippen LogP contribution in [0.15, 0.2) is 60.7 Å². The van der Waals surface area contributed by atoms with Gasteiger partial charge in [0, 0.05) is 24.2 Å². The van der Waals surface area contributed by atoms with Crippen molar-refractivity contribution in [1.82, 2.24) is 9.88 Å². The first-order valence-electron chi connectivity index (χ1n) is 8.72. The maximum absolute atomic E-state index is 3.54. The van der Waals surface area contributed by atoms with Crippen molar-refractivity contribution in [3.05, 3.63) is 71.9 Å². The number of hydrogen-bond acceptors (Lipinski definition) is 1. The molecule has 2 heteroatoms. The molecular formula is C21H24N2. The average molecular weight is 304 g/mol. The fourth-order valence-electron chi connectivity index (χ4n) is 3.76. The maximum atomic E-state index is 3.54. The molecule has 0 saturated carbocycles. The van der Waals surface area contributed by atoms with E-state index in [1.807, 2.05) is 0 Å². The van der Waals surface area contributed by atoms with Crippen LogP contribution in [-0.4, -0.2) is 29.5 Å². The lowest BCUT2D eigenvalue weighted by Crippen LogP contribution is -2.34. The molecule has 118 valence electrons. The number of benzene rings is 2. The number of para-hydroxylation sites is 1. The minimum Gasteiger partial charge on any atom is -0.358 e. The summed E-state index contributed by atoms with van der Waals surface area (Å²) in [7, 11) is 0. The molecule has 4 rings (SSSR count). The Morgan fingerprint density at radius 3 is 2.43 bits per heavy atom. The summed E-state index contributed by atoms with van der Waals surface area (Å²) in [5.41, 5.74) is 4.13. The van der Waals surface area contributed by atoms with E-state index in [0.717, 1.165) is 18.9 Å². The van der Waals surface area contributed by atoms with Crippen LogP contribution in [0.25, 0.3) is 10.9 Å². The third-order valence-electron chi connectivity index (χ3n) is 5.14. The average Bonchev–Trinajstić information content (AvgIpc) is 3.04. The lowest BCUT2D eigenvalue weighted by atomic mass is 9.89. The lowest BCUT2D eigenvalue weighted by Gasteiger charge is -2.32. The molecule has 1 fully saturated rings. The van der Waals surface area contributed by atoms with Crippen molar-refractivity contribution in [2.24, 2.45) is 0 Å². The van der Waals surface area contributed by atoms with Crippen LogP contribution in [0.3, 0.4) is 0 Å². The summed E-state index contributed by atoms with van der Waals surface area (Å²) in [5.74, 6) is 0.750. The van der Waals surface area contributed by atoms with Crippen molar-refractivity contribution >= 4 is 10.9 Å². The van der Waals surface area contributed by atoms with Crippen LogP contribution in [-0.2, 0) is 6.42 Å². The van der Waals surface area contributed by atoms with Gasteiger partial charge < -0.3 is 9.88 Å². The van der Waals surface area contributed by atoms with E-state index in [9.17, 15) is 0 Å². The Kier molecular flexibility index (Phi) is 4.16. The second-order valence-corrected chi connectivity index (χ2v) is 6.66. The Labute approximate surface area is 138 Å². The highest BCUT2D eigenvalue weighted by Gasteiger charge is 2.20. The zero-order valence-corrected chi connectivity index (χ0v) is 13.5. The van der Waals surface area contributed by atoms with E-state index in [-0.39, 0.29) is 0 Å². The molecule has 23 heavy (non-hydrogen) atoms. The third-order valence-corrected chi connectivity index (χ3v) is 5.14. The van der Waals surface area contributed by atoms with Crippen LogP contribution in [0.2, 0.25) is 0 Å². The Hall–Kier alpha value is -2.06. The molecule has 3 aromatic rings. The van der Waals surface area contributed by atoms with Crippen molar-refractivity contribution in [2.45, 2.75) is 25.2 Å². The van der Waals surface area contributed by atoms with Gasteiger partial charge in [-0.3, -0.25) is 0 Å². The Morgan fingerprint density at radius 2 is 1.65 bits per heavy atom. The van der Waals surface area contributed by atoms with Crippen LogP contribution in [0.1, 0.15) is 30.0 Å². The van der Waals surface area contributed by atoms with Gasteiger partial charge in [0.25, 0.3) is 0 Å². The van der Waals surface area contributed by atoms with E-state index in [0.29, 0.717) is 0 Å². The largest absolute Gasteiger partial charge is 0.358 e. The van der Waals surface area contributed by atoms with E-state index in [4.69, 9.17) is 0 Å². The topological polar surface area (TPSA) is 19.0 Å². The highest BCUT2D eigenvalue weighted by molar-refractivity contribution is 5.80. The van der Waals surface area contributed by atoms with Crippen LogP contribution in [0.5, 0.6) is 0 Å². The summed E-state index contributed by atoms with van der Waals surface area (Å²) in [5, 5.41) is 1.32. The minimum absolute atomic E-state index is 0.750. The van der Waals surface area contributed by atoms with Crippen LogP contribution in [0.4, 0.5) is 0 Å². The van der Waals surface area contributed by atoms with Gasteiger partial charge in [-0.2, -0.15) is 0 Å². The highest BCUT2D eigenvalue weighted by Crippen LogP contribution is 2.27. The third kappa shape index (κ3) is 3.32. The molecule has 1 aromatic heterocycles. The van der Waals surface area contributed by atoms with E-state index < -0.39 is 0 Å². The predicted octanol–water partition coefficient (Wildman–Crippen LogP) is 4.59. The summed E-state index contributed by atoms with van der Waals surface area (Å²) in [6.07, 6.45) is 3.69. The van der Waals surface area contributed by atoms with Gasteiger partial charge in [-0.05, 0) is 54.9 Å². The van der Waals surface area contributed by atoms with Gasteiger partial charge in [0.05, 0.1) is 0 Å². The Bertz CT molecular complexity index is 719. The van der Waals surface area contributed by atoms with Crippen LogP contribution in [0, 0.1) is 0 Å². The molecule has 0 radical (unpaired) electrons. The normalized spacial score (nSPS) is 16.9. The molecule has 2 nitrogen and oxygen atoms in total. The standard InChI is InChI=1S/C21H24N2/c1-2-6-17(7-3-1)18-10-13-23(14-11-18)15-12-20-16-19-8-4-5-9-21(19)22-20/h1-9,16,18,22H,10-15H2. The van der Waals surface area contributed by atoms with Crippen molar-refractivity contribution in [3.8, 4) is 0 Å². The molecule has 0 aliphatic carbocycles. The molecule has 0 unspecified atom stereocenters. The molecule has 0 atom stereocenters. The van der Waals surface area contributed by atoms with Crippen molar-refractivity contribution in [1.29, 1.82) is 0 Å². The molecule has 2 heterocycles. The zero-order chi connectivity index (χ0) is 15.5. The number of likely N-dealkylation sites (tertiary alicyclic amines) is 1. The maximum Gasteiger partial charge on any atom is 0.0456 e. The molecule has 1 saturated heterocycles. The quantitative estimate of drug-likeness (QED) is 0.747. The first kappa shape index (κ1) is 14.5. The number of aromatic nitrogens is 1. The lowest BCUT2D eigenvalue weighted by molar-refractivity contribution is 0.214. The molecule has 0 amide bonds. The molecule has 1 aliphatic rings. The highest BCUT2D eigenvalue weighted by atomic mass is 15.1. The first-order valence-corrected chi connectivity index (χ1v) is 8.72. The number of nitrogens with zero attached hydrogens (tertiary/aromatic N) is 1. The van der Waals surface area contributed by atoms with Gasteiger partial charge in [0.2, 0.25) is 0 Å². The first-order chi connectivity index (χ1) is 11.4. The molecule has 0 bridgehead atoms. The SMILES string of the molecule is c1ccc(C2CCN(CCc3cc4ccccc4[nH]3)CC2)cc1. The zero-order valence-electron chi connectivity index (χ0n) is 13.5. The van der Waals surface area contributed by atoms with Crippen LogP contribution >= 0.6 is 0 Å². The number of hydrogen-bond donors (Lipinski definition) is 1. The van der Waals surface area contributed by atoms with Crippen molar-refractivity contribution in [3.63, 3.8) is 0 Å². The van der Waals surface area contributed by atoms with Crippen molar-refractivity contribution in [2.75, 3.05) is 19.6 Å². The molecule has 1 N–H and O–H groups in total. The number of nitrogens with one attached hydrogen (secondary N) is 1. The number of rotatable bonds is 4. The van der Waals surface area contributed by atoms with Gasteiger partial charge in [0.15, 0.2) is 0 Å². The van der Waals surface area contributed by atoms with Gasteiger partial charge in [0.1, 0.15) is 0 Å². The second kappa shape index (κ2) is 6.59. The molecule has 1 aliphatic heterocycles. The second-order valence-electron chi connectivity index (χ2n) is 6.66. The fraction of sp³-hybridized carbons (Fsp3) is 0.333. The molecule has 0 spiro atoms. The van der Waals surface area contributed by atoms with E-state index in [1.165, 1.54) is 48.1 Å². The summed E-state index contributed by atoms with van der Waals surface area (Å²) >= 11 is 0. The molecule has 2 aromatic carbocycles. The Morgan fingerprint density at radius 1 is 0.913 bits per heavy atom. The van der Waals surface area contributed by atoms with E-state index in [1.54, 1.807) is 0 Å². The van der Waals surface area contributed by atoms with Crippen molar-refractivity contribution < 1.29 is 0 Å². The van der Waals surface area contributed by atoms with Gasteiger partial charge in [-0.25, -0.2) is 0 Å². The molecular weight excluding hydrogens is 280 g/mol. The smallest absolute Gasteiger partial charge is 0.0456 e. The van der Waals surface area contributed by atoms with E-state index in [2.05, 4.69) is 70.5 Å². The summed E-state index contributed by atoms with van der Waals surface area (Å²) in [6.45, 7) is 3.61. The summed E-state index contributed by atoms with van der Waals surface area (Å²) in [6, 6.07) is 21.8. The Balaban J connectivity index is 1.31.